The molecule has 0 aromatic carbocycles. The van der Waals surface area contributed by atoms with Crippen molar-refractivity contribution < 1.29 is 0 Å². The van der Waals surface area contributed by atoms with Crippen LogP contribution in [0.5, 0.6) is 0 Å². The van der Waals surface area contributed by atoms with Crippen LogP contribution < -0.4 is 5.32 Å². The van der Waals surface area contributed by atoms with Crippen LogP contribution >= 0.6 is 23.4 Å². The Kier molecular flexibility index (Phi) is 5.92. The third-order valence-electron chi connectivity index (χ3n) is 2.00. The Labute approximate surface area is 83.9 Å². The second-order valence-electron chi connectivity index (χ2n) is 3.01. The molecule has 0 amide bonds. The Balaban J connectivity index is 1.97. The van der Waals surface area contributed by atoms with Crippen LogP contribution in [0.3, 0.4) is 0 Å². The molecule has 0 aromatic heterocycles. The van der Waals surface area contributed by atoms with E-state index in [1.165, 1.54) is 25.0 Å². The molecule has 1 aliphatic heterocycles. The molecule has 1 unspecified atom stereocenters. The molecule has 0 spiro atoms. The molecule has 1 aliphatic rings. The van der Waals surface area contributed by atoms with Gasteiger partial charge >= 0.3 is 0 Å². The fraction of sp³-hybridized carbons (Fsp3) is 0.778. The van der Waals surface area contributed by atoms with Gasteiger partial charge in [0.25, 0.3) is 0 Å². The first kappa shape index (κ1) is 10.4. The minimum absolute atomic E-state index is 0.836. The summed E-state index contributed by atoms with van der Waals surface area (Å²) >= 11 is 7.50. The highest BCUT2D eigenvalue weighted by atomic mass is 35.5. The maximum atomic E-state index is 5.40. The van der Waals surface area contributed by atoms with Crippen molar-refractivity contribution in [3.8, 4) is 0 Å². The molecule has 1 nitrogen and oxygen atoms in total. The van der Waals surface area contributed by atoms with Crippen molar-refractivity contribution in [1.29, 1.82) is 0 Å². The Morgan fingerprint density at radius 2 is 2.42 bits per heavy atom. The molecule has 70 valence electrons. The Hall–Kier alpha value is 0.340. The Morgan fingerprint density at radius 1 is 1.50 bits per heavy atom. The molecule has 3 heteroatoms. The van der Waals surface area contributed by atoms with Gasteiger partial charge in [0.05, 0.1) is 0 Å². The van der Waals surface area contributed by atoms with Gasteiger partial charge in [0.1, 0.15) is 0 Å². The normalized spacial score (nSPS) is 24.9. The van der Waals surface area contributed by atoms with Crippen molar-refractivity contribution in [3.63, 3.8) is 0 Å². The van der Waals surface area contributed by atoms with Gasteiger partial charge in [-0.3, -0.25) is 0 Å². The number of nitrogens with one attached hydrogen (secondary N) is 1. The van der Waals surface area contributed by atoms with Crippen molar-refractivity contribution in [2.75, 3.05) is 18.8 Å². The minimum atomic E-state index is 0.836. The molecule has 1 rings (SSSR count). The van der Waals surface area contributed by atoms with Crippen LogP contribution in [0.4, 0.5) is 0 Å². The molecule has 1 fully saturated rings. The van der Waals surface area contributed by atoms with Gasteiger partial charge in [-0.1, -0.05) is 24.1 Å². The van der Waals surface area contributed by atoms with Crippen molar-refractivity contribution in [2.45, 2.75) is 24.5 Å². The Morgan fingerprint density at radius 3 is 3.08 bits per heavy atom. The van der Waals surface area contributed by atoms with Gasteiger partial charge in [0.2, 0.25) is 0 Å². The first-order chi connectivity index (χ1) is 5.93. The molecule has 12 heavy (non-hydrogen) atoms. The number of hydrogen-bond donors (Lipinski definition) is 1. The number of thioether (sulfide) groups is 1. The fourth-order valence-electron chi connectivity index (χ4n) is 1.34. The van der Waals surface area contributed by atoms with E-state index in [0.717, 1.165) is 18.3 Å². The quantitative estimate of drug-likeness (QED) is 0.709. The Bertz CT molecular complexity index is 132. The highest BCUT2D eigenvalue weighted by Gasteiger charge is 2.12. The van der Waals surface area contributed by atoms with Crippen LogP contribution in [-0.2, 0) is 0 Å². The van der Waals surface area contributed by atoms with Crippen molar-refractivity contribution in [3.05, 3.63) is 11.6 Å². The second kappa shape index (κ2) is 6.81. The largest absolute Gasteiger partial charge is 0.312 e. The van der Waals surface area contributed by atoms with Crippen LogP contribution in [0.25, 0.3) is 0 Å². The number of hydrogen-bond acceptors (Lipinski definition) is 2. The molecular weight excluding hydrogens is 190 g/mol. The average molecular weight is 206 g/mol. The van der Waals surface area contributed by atoms with Gasteiger partial charge in [-0.2, -0.15) is 11.8 Å². The summed E-state index contributed by atoms with van der Waals surface area (Å²) in [6.45, 7) is 2.03. The predicted octanol–water partition coefficient (Wildman–Crippen LogP) is 2.61. The smallest absolute Gasteiger partial charge is 0.0172 e. The van der Waals surface area contributed by atoms with Gasteiger partial charge in [-0.05, 0) is 18.6 Å². The molecule has 0 aromatic rings. The van der Waals surface area contributed by atoms with E-state index in [1.807, 2.05) is 6.08 Å². The van der Waals surface area contributed by atoms with Gasteiger partial charge in [0, 0.05) is 23.9 Å². The van der Waals surface area contributed by atoms with Crippen LogP contribution in [0.2, 0.25) is 0 Å². The third-order valence-corrected chi connectivity index (χ3v) is 3.57. The molecule has 1 N–H and O–H groups in total. The van der Waals surface area contributed by atoms with Crippen LogP contribution in [0, 0.1) is 0 Å². The summed E-state index contributed by atoms with van der Waals surface area (Å²) in [6.07, 6.45) is 6.13. The molecule has 0 radical (unpaired) electrons. The fourth-order valence-corrected chi connectivity index (χ4v) is 2.70. The molecule has 0 bridgehead atoms. The minimum Gasteiger partial charge on any atom is -0.312 e. The summed E-state index contributed by atoms with van der Waals surface area (Å²) < 4.78 is 0. The summed E-state index contributed by atoms with van der Waals surface area (Å²) in [5.41, 5.74) is 1.57. The number of rotatable bonds is 4. The van der Waals surface area contributed by atoms with E-state index in [4.69, 9.17) is 11.6 Å². The summed E-state index contributed by atoms with van der Waals surface area (Å²) in [7, 11) is 0. The van der Waals surface area contributed by atoms with Crippen LogP contribution in [0.1, 0.15) is 19.3 Å². The molecule has 1 heterocycles. The summed E-state index contributed by atoms with van der Waals surface area (Å²) in [4.78, 5) is 0. The highest BCUT2D eigenvalue weighted by Crippen LogP contribution is 2.23. The zero-order valence-electron chi connectivity index (χ0n) is 7.26. The topological polar surface area (TPSA) is 12.0 Å². The lowest BCUT2D eigenvalue weighted by atomic mass is 10.2. The number of halogens is 1. The molecule has 0 saturated carbocycles. The summed E-state index contributed by atoms with van der Waals surface area (Å²) in [6, 6.07) is 0. The van der Waals surface area contributed by atoms with E-state index >= 15 is 0 Å². The SMILES string of the molecule is Cl/C=C/CNCC1CCCCS1. The zero-order chi connectivity index (χ0) is 8.65. The van der Waals surface area contributed by atoms with Crippen molar-refractivity contribution in [1.82, 2.24) is 5.32 Å². The first-order valence-corrected chi connectivity index (χ1v) is 5.99. The average Bonchev–Trinajstić information content (AvgIpc) is 2.14. The molecular formula is C9H16ClNS. The second-order valence-corrected chi connectivity index (χ2v) is 4.67. The summed E-state index contributed by atoms with van der Waals surface area (Å²) in [5, 5.41) is 4.20. The summed E-state index contributed by atoms with van der Waals surface area (Å²) in [5.74, 6) is 1.34. The monoisotopic (exact) mass is 205 g/mol. The molecule has 1 atom stereocenters. The third kappa shape index (κ3) is 4.39. The highest BCUT2D eigenvalue weighted by molar-refractivity contribution is 7.99. The lowest BCUT2D eigenvalue weighted by Crippen LogP contribution is -2.26. The van der Waals surface area contributed by atoms with E-state index in [0.29, 0.717) is 0 Å². The van der Waals surface area contributed by atoms with E-state index in [-0.39, 0.29) is 0 Å². The van der Waals surface area contributed by atoms with E-state index in [9.17, 15) is 0 Å². The predicted molar refractivity (Wildman–Crippen MR) is 58.0 cm³/mol. The van der Waals surface area contributed by atoms with Crippen molar-refractivity contribution in [2.24, 2.45) is 0 Å². The molecule has 1 saturated heterocycles. The van der Waals surface area contributed by atoms with Gasteiger partial charge in [0.15, 0.2) is 0 Å². The lowest BCUT2D eigenvalue weighted by molar-refractivity contribution is 0.619. The van der Waals surface area contributed by atoms with Crippen molar-refractivity contribution >= 4 is 23.4 Å². The molecule has 0 aliphatic carbocycles. The maximum Gasteiger partial charge on any atom is 0.0172 e. The standard InChI is InChI=1S/C9H16ClNS/c10-5-3-6-11-8-9-4-1-2-7-12-9/h3,5,9,11H,1-2,4,6-8H2/b5-3+. The first-order valence-electron chi connectivity index (χ1n) is 4.51. The van der Waals surface area contributed by atoms with Gasteiger partial charge in [-0.25, -0.2) is 0 Å². The lowest BCUT2D eigenvalue weighted by Gasteiger charge is -2.20. The zero-order valence-corrected chi connectivity index (χ0v) is 8.83. The van der Waals surface area contributed by atoms with E-state index in [2.05, 4.69) is 17.1 Å². The van der Waals surface area contributed by atoms with Gasteiger partial charge < -0.3 is 5.32 Å². The van der Waals surface area contributed by atoms with Gasteiger partial charge in [-0.15, -0.1) is 0 Å². The van der Waals surface area contributed by atoms with E-state index in [1.54, 1.807) is 5.54 Å². The van der Waals surface area contributed by atoms with Crippen LogP contribution in [0.15, 0.2) is 11.6 Å². The maximum absolute atomic E-state index is 5.40. The van der Waals surface area contributed by atoms with E-state index < -0.39 is 0 Å². The van der Waals surface area contributed by atoms with Crippen LogP contribution in [-0.4, -0.2) is 24.1 Å².